The van der Waals surface area contributed by atoms with Crippen LogP contribution in [0, 0.1) is 5.92 Å². The minimum Gasteiger partial charge on any atom is -0.490 e. The quantitative estimate of drug-likeness (QED) is 0.744. The average molecular weight is 230 g/mol. The molecule has 0 bridgehead atoms. The molecule has 90 valence electrons. The molecule has 3 rings (SSSR count). The number of Topliss-reactive ketones (excluding diaryl/α,β-unsaturated/α-hetero) is 1. The predicted molar refractivity (Wildman–Crippen MR) is 66.5 cm³/mol. The molecule has 1 aliphatic carbocycles. The highest BCUT2D eigenvalue weighted by atomic mass is 16.5. The number of hydrogen-bond donors (Lipinski definition) is 0. The molecule has 2 aliphatic rings. The zero-order valence-corrected chi connectivity index (χ0v) is 10.2. The summed E-state index contributed by atoms with van der Waals surface area (Å²) in [5.41, 5.74) is 2.06. The van der Waals surface area contributed by atoms with Gasteiger partial charge >= 0.3 is 0 Å². The summed E-state index contributed by atoms with van der Waals surface area (Å²) in [6.45, 7) is 2.07. The van der Waals surface area contributed by atoms with E-state index in [0.717, 1.165) is 24.2 Å². The Kier molecular flexibility index (Phi) is 2.65. The van der Waals surface area contributed by atoms with Crippen molar-refractivity contribution in [3.8, 4) is 5.75 Å². The van der Waals surface area contributed by atoms with E-state index in [1.165, 1.54) is 24.8 Å². The summed E-state index contributed by atoms with van der Waals surface area (Å²) in [5, 5.41) is 0. The van der Waals surface area contributed by atoms with Gasteiger partial charge in [-0.1, -0.05) is 19.3 Å². The molecule has 1 unspecified atom stereocenters. The molecule has 1 aromatic rings. The molecule has 1 aliphatic heterocycles. The number of carbonyl (C=O) groups excluding carboxylic acids is 1. The third-order valence-corrected chi connectivity index (χ3v) is 3.92. The van der Waals surface area contributed by atoms with E-state index in [2.05, 4.69) is 6.92 Å². The highest BCUT2D eigenvalue weighted by Crippen LogP contribution is 2.33. The van der Waals surface area contributed by atoms with Gasteiger partial charge in [-0.15, -0.1) is 0 Å². The maximum Gasteiger partial charge on any atom is 0.163 e. The van der Waals surface area contributed by atoms with E-state index in [0.29, 0.717) is 11.7 Å². The number of carbonyl (C=O) groups is 1. The first-order chi connectivity index (χ1) is 8.22. The molecular weight excluding hydrogens is 212 g/mol. The minimum atomic E-state index is 0.252. The Bertz CT molecular complexity index is 446. The van der Waals surface area contributed by atoms with Crippen molar-refractivity contribution in [1.82, 2.24) is 0 Å². The van der Waals surface area contributed by atoms with Gasteiger partial charge in [0.15, 0.2) is 5.78 Å². The number of ketones is 1. The van der Waals surface area contributed by atoms with E-state index in [9.17, 15) is 4.79 Å². The molecule has 17 heavy (non-hydrogen) atoms. The van der Waals surface area contributed by atoms with Crippen LogP contribution < -0.4 is 4.74 Å². The van der Waals surface area contributed by atoms with Gasteiger partial charge in [0, 0.05) is 18.4 Å². The maximum absolute atomic E-state index is 12.1. The van der Waals surface area contributed by atoms with Gasteiger partial charge in [0.1, 0.15) is 11.9 Å². The molecule has 0 saturated heterocycles. The second-order valence-electron chi connectivity index (χ2n) is 5.38. The van der Waals surface area contributed by atoms with Crippen LogP contribution >= 0.6 is 0 Å². The van der Waals surface area contributed by atoms with Gasteiger partial charge in [0.25, 0.3) is 0 Å². The fraction of sp³-hybridized carbons (Fsp3) is 0.533. The van der Waals surface area contributed by atoms with E-state index in [1.807, 2.05) is 18.2 Å². The van der Waals surface area contributed by atoms with Gasteiger partial charge in [-0.25, -0.2) is 0 Å². The number of rotatable bonds is 3. The molecule has 1 atom stereocenters. The average Bonchev–Trinajstić information content (AvgIpc) is 2.62. The third kappa shape index (κ3) is 2.08. The second-order valence-corrected chi connectivity index (χ2v) is 5.38. The zero-order chi connectivity index (χ0) is 11.8. The van der Waals surface area contributed by atoms with Crippen LogP contribution in [-0.2, 0) is 6.42 Å². The fourth-order valence-corrected chi connectivity index (χ4v) is 2.67. The van der Waals surface area contributed by atoms with Crippen molar-refractivity contribution in [3.63, 3.8) is 0 Å². The lowest BCUT2D eigenvalue weighted by Crippen LogP contribution is -2.15. The molecular formula is C15H18O2. The smallest absolute Gasteiger partial charge is 0.163 e. The lowest BCUT2D eigenvalue weighted by molar-refractivity contribution is 0.0936. The summed E-state index contributed by atoms with van der Waals surface area (Å²) in [4.78, 5) is 12.1. The van der Waals surface area contributed by atoms with Crippen LogP contribution in [0.3, 0.4) is 0 Å². The lowest BCUT2D eigenvalue weighted by atomic mass is 9.81. The number of benzene rings is 1. The second kappa shape index (κ2) is 4.17. The largest absolute Gasteiger partial charge is 0.490 e. The highest BCUT2D eigenvalue weighted by molar-refractivity contribution is 5.96. The Labute approximate surface area is 102 Å². The summed E-state index contributed by atoms with van der Waals surface area (Å²) < 4.78 is 5.64. The van der Waals surface area contributed by atoms with Crippen LogP contribution in [0.4, 0.5) is 0 Å². The molecule has 0 N–H and O–H groups in total. The van der Waals surface area contributed by atoms with Gasteiger partial charge in [-0.05, 0) is 36.6 Å². The van der Waals surface area contributed by atoms with E-state index in [1.54, 1.807) is 0 Å². The molecule has 0 radical (unpaired) electrons. The monoisotopic (exact) mass is 230 g/mol. The van der Waals surface area contributed by atoms with Crippen LogP contribution in [-0.4, -0.2) is 11.9 Å². The molecule has 2 heteroatoms. The first-order valence-electron chi connectivity index (χ1n) is 6.55. The van der Waals surface area contributed by atoms with Crippen LogP contribution in [0.2, 0.25) is 0 Å². The molecule has 0 spiro atoms. The van der Waals surface area contributed by atoms with Crippen molar-refractivity contribution in [2.75, 3.05) is 0 Å². The molecule has 1 aromatic carbocycles. The standard InChI is InChI=1S/C15H18O2/c1-10-7-13-9-12(5-6-15(13)17-10)14(16)8-11-3-2-4-11/h5-6,9-11H,2-4,7-8H2,1H3. The van der Waals surface area contributed by atoms with Crippen molar-refractivity contribution < 1.29 is 9.53 Å². The van der Waals surface area contributed by atoms with Gasteiger partial charge in [-0.2, -0.15) is 0 Å². The van der Waals surface area contributed by atoms with Gasteiger partial charge in [0.2, 0.25) is 0 Å². The fourth-order valence-electron chi connectivity index (χ4n) is 2.67. The first kappa shape index (κ1) is 10.8. The summed E-state index contributed by atoms with van der Waals surface area (Å²) in [5.74, 6) is 1.90. The predicted octanol–water partition coefficient (Wildman–Crippen LogP) is 3.38. The van der Waals surface area contributed by atoms with E-state index < -0.39 is 0 Å². The lowest BCUT2D eigenvalue weighted by Gasteiger charge is -2.24. The van der Waals surface area contributed by atoms with Crippen molar-refractivity contribution in [1.29, 1.82) is 0 Å². The van der Waals surface area contributed by atoms with Crippen LogP contribution in [0.1, 0.15) is 48.5 Å². The summed E-state index contributed by atoms with van der Waals surface area (Å²) >= 11 is 0. The van der Waals surface area contributed by atoms with E-state index in [4.69, 9.17) is 4.74 Å². The number of hydrogen-bond acceptors (Lipinski definition) is 2. The molecule has 0 amide bonds. The Morgan fingerprint density at radius 2 is 2.24 bits per heavy atom. The van der Waals surface area contributed by atoms with Gasteiger partial charge < -0.3 is 4.74 Å². The van der Waals surface area contributed by atoms with Crippen molar-refractivity contribution >= 4 is 5.78 Å². The molecule has 1 heterocycles. The van der Waals surface area contributed by atoms with Crippen molar-refractivity contribution in [2.45, 2.75) is 45.1 Å². The Morgan fingerprint density at radius 1 is 1.41 bits per heavy atom. The number of ether oxygens (including phenoxy) is 1. The first-order valence-corrected chi connectivity index (χ1v) is 6.55. The maximum atomic E-state index is 12.1. The molecule has 1 saturated carbocycles. The van der Waals surface area contributed by atoms with Crippen LogP contribution in [0.25, 0.3) is 0 Å². The summed E-state index contributed by atoms with van der Waals surface area (Å²) in [6.07, 6.45) is 5.68. The van der Waals surface area contributed by atoms with Crippen molar-refractivity contribution in [2.24, 2.45) is 5.92 Å². The topological polar surface area (TPSA) is 26.3 Å². The Balaban J connectivity index is 1.75. The Morgan fingerprint density at radius 3 is 2.94 bits per heavy atom. The minimum absolute atomic E-state index is 0.252. The van der Waals surface area contributed by atoms with Gasteiger partial charge in [0.05, 0.1) is 0 Å². The normalized spacial score (nSPS) is 22.8. The number of fused-ring (bicyclic) bond motifs is 1. The van der Waals surface area contributed by atoms with Crippen LogP contribution in [0.5, 0.6) is 5.75 Å². The zero-order valence-electron chi connectivity index (χ0n) is 10.2. The molecule has 2 nitrogen and oxygen atoms in total. The molecule has 0 aromatic heterocycles. The van der Waals surface area contributed by atoms with Gasteiger partial charge in [-0.3, -0.25) is 4.79 Å². The summed E-state index contributed by atoms with van der Waals surface area (Å²) in [6, 6.07) is 5.89. The third-order valence-electron chi connectivity index (χ3n) is 3.92. The highest BCUT2D eigenvalue weighted by Gasteiger charge is 2.23. The molecule has 1 fully saturated rings. The van der Waals surface area contributed by atoms with E-state index >= 15 is 0 Å². The van der Waals surface area contributed by atoms with Crippen molar-refractivity contribution in [3.05, 3.63) is 29.3 Å². The Hall–Kier alpha value is -1.31. The summed E-state index contributed by atoms with van der Waals surface area (Å²) in [7, 11) is 0. The van der Waals surface area contributed by atoms with Crippen LogP contribution in [0.15, 0.2) is 18.2 Å². The van der Waals surface area contributed by atoms with E-state index in [-0.39, 0.29) is 6.10 Å². The SMILES string of the molecule is CC1Cc2cc(C(=O)CC3CCC3)ccc2O1.